The van der Waals surface area contributed by atoms with E-state index in [1.54, 1.807) is 0 Å². The molecule has 4 N–H and O–H groups in total. The predicted octanol–water partition coefficient (Wildman–Crippen LogP) is 3.02. The van der Waals surface area contributed by atoms with Gasteiger partial charge in [-0.15, -0.1) is 0 Å². The molecular weight excluding hydrogens is 222 g/mol. The minimum Gasteiger partial charge on any atom is -0.382 e. The van der Waals surface area contributed by atoms with E-state index in [0.29, 0.717) is 5.41 Å². The van der Waals surface area contributed by atoms with Crippen molar-refractivity contribution in [1.29, 1.82) is 0 Å². The summed E-state index contributed by atoms with van der Waals surface area (Å²) >= 11 is 0. The van der Waals surface area contributed by atoms with E-state index in [4.69, 9.17) is 5.73 Å². The Balaban J connectivity index is 1.84. The molecule has 3 nitrogen and oxygen atoms in total. The van der Waals surface area contributed by atoms with Gasteiger partial charge < -0.3 is 16.0 Å². The molecule has 1 heterocycles. The molecule has 0 atom stereocenters. The van der Waals surface area contributed by atoms with Gasteiger partial charge in [0.05, 0.1) is 5.69 Å². The summed E-state index contributed by atoms with van der Waals surface area (Å²) in [5, 5.41) is 4.90. The Hall–Kier alpha value is -1.48. The zero-order valence-corrected chi connectivity index (χ0v) is 10.9. The molecule has 0 unspecified atom stereocenters. The second-order valence-electron chi connectivity index (χ2n) is 5.58. The molecule has 96 valence electrons. The van der Waals surface area contributed by atoms with Crippen LogP contribution in [-0.2, 0) is 0 Å². The first kappa shape index (κ1) is 11.6. The number of anilines is 1. The number of para-hydroxylation sites is 1. The summed E-state index contributed by atoms with van der Waals surface area (Å²) in [5.74, 6) is 0. The molecule has 0 saturated heterocycles. The molecule has 0 radical (unpaired) electrons. The fourth-order valence-corrected chi connectivity index (χ4v) is 2.91. The number of hydrogen-bond acceptors (Lipinski definition) is 2. The van der Waals surface area contributed by atoms with Gasteiger partial charge in [-0.1, -0.05) is 24.6 Å². The average molecular weight is 243 g/mol. The van der Waals surface area contributed by atoms with Crippen molar-refractivity contribution in [2.75, 3.05) is 18.4 Å². The molecule has 3 rings (SSSR count). The van der Waals surface area contributed by atoms with E-state index in [2.05, 4.69) is 41.5 Å². The van der Waals surface area contributed by atoms with Crippen LogP contribution in [0.3, 0.4) is 0 Å². The number of nitrogens with one attached hydrogen (secondary N) is 2. The van der Waals surface area contributed by atoms with Crippen LogP contribution in [0.1, 0.15) is 25.0 Å². The first-order valence-electron chi connectivity index (χ1n) is 6.75. The topological polar surface area (TPSA) is 53.8 Å². The van der Waals surface area contributed by atoms with Gasteiger partial charge in [-0.25, -0.2) is 0 Å². The number of benzene rings is 1. The summed E-state index contributed by atoms with van der Waals surface area (Å²) in [5.41, 5.74) is 9.90. The van der Waals surface area contributed by atoms with Crippen molar-refractivity contribution in [3.63, 3.8) is 0 Å². The summed E-state index contributed by atoms with van der Waals surface area (Å²) in [6.07, 6.45) is 3.85. The van der Waals surface area contributed by atoms with Crippen LogP contribution in [0.5, 0.6) is 0 Å². The highest BCUT2D eigenvalue weighted by atomic mass is 14.9. The molecule has 0 amide bonds. The van der Waals surface area contributed by atoms with Crippen molar-refractivity contribution in [2.45, 2.75) is 26.2 Å². The number of rotatable bonds is 4. The van der Waals surface area contributed by atoms with Gasteiger partial charge in [-0.2, -0.15) is 0 Å². The highest BCUT2D eigenvalue weighted by molar-refractivity contribution is 5.94. The van der Waals surface area contributed by atoms with Gasteiger partial charge in [0.15, 0.2) is 0 Å². The quantitative estimate of drug-likeness (QED) is 0.773. The molecule has 1 saturated carbocycles. The van der Waals surface area contributed by atoms with Crippen molar-refractivity contribution in [3.05, 3.63) is 30.0 Å². The Morgan fingerprint density at radius 2 is 2.11 bits per heavy atom. The van der Waals surface area contributed by atoms with E-state index in [0.717, 1.165) is 13.1 Å². The van der Waals surface area contributed by atoms with Gasteiger partial charge in [0, 0.05) is 23.1 Å². The number of hydrogen-bond donors (Lipinski definition) is 3. The Morgan fingerprint density at radius 1 is 1.33 bits per heavy atom. The van der Waals surface area contributed by atoms with Crippen molar-refractivity contribution in [2.24, 2.45) is 11.1 Å². The first-order valence-corrected chi connectivity index (χ1v) is 6.75. The van der Waals surface area contributed by atoms with Crippen molar-refractivity contribution in [1.82, 2.24) is 4.98 Å². The van der Waals surface area contributed by atoms with Crippen LogP contribution < -0.4 is 11.1 Å². The molecule has 18 heavy (non-hydrogen) atoms. The van der Waals surface area contributed by atoms with Crippen LogP contribution in [0.25, 0.3) is 10.9 Å². The zero-order chi connectivity index (χ0) is 12.6. The lowest BCUT2D eigenvalue weighted by molar-refractivity contribution is 0.163. The second kappa shape index (κ2) is 4.32. The molecule has 1 aliphatic carbocycles. The summed E-state index contributed by atoms with van der Waals surface area (Å²) in [6, 6.07) is 8.44. The average Bonchev–Trinajstić information content (AvgIpc) is 2.65. The Bertz CT molecular complexity index is 546. The standard InChI is InChI=1S/C15H21N3/c1-11-14(12-5-2-3-6-13(12)18-11)17-10-15(9-16)7-4-8-15/h2-3,5-6,17-18H,4,7-10,16H2,1H3. The van der Waals surface area contributed by atoms with E-state index < -0.39 is 0 Å². The van der Waals surface area contributed by atoms with E-state index in [1.807, 2.05) is 0 Å². The van der Waals surface area contributed by atoms with Crippen LogP contribution in [0.4, 0.5) is 5.69 Å². The highest BCUT2D eigenvalue weighted by Crippen LogP contribution is 2.40. The second-order valence-corrected chi connectivity index (χ2v) is 5.58. The monoisotopic (exact) mass is 243 g/mol. The molecule has 1 aromatic heterocycles. The minimum absolute atomic E-state index is 0.338. The molecule has 0 aliphatic heterocycles. The van der Waals surface area contributed by atoms with Crippen molar-refractivity contribution < 1.29 is 0 Å². The number of aromatic nitrogens is 1. The predicted molar refractivity (Wildman–Crippen MR) is 76.9 cm³/mol. The maximum Gasteiger partial charge on any atom is 0.0628 e. The smallest absolute Gasteiger partial charge is 0.0628 e. The molecular formula is C15H21N3. The molecule has 1 fully saturated rings. The van der Waals surface area contributed by atoms with Crippen molar-refractivity contribution >= 4 is 16.6 Å². The normalized spacial score (nSPS) is 17.7. The highest BCUT2D eigenvalue weighted by Gasteiger charge is 2.35. The molecule has 1 aliphatic rings. The molecule has 1 aromatic carbocycles. The molecule has 3 heteroatoms. The van der Waals surface area contributed by atoms with Gasteiger partial charge in [0.1, 0.15) is 0 Å². The maximum absolute atomic E-state index is 5.91. The SMILES string of the molecule is Cc1[nH]c2ccccc2c1NCC1(CN)CCC1. The summed E-state index contributed by atoms with van der Waals surface area (Å²) in [4.78, 5) is 3.42. The molecule has 0 spiro atoms. The van der Waals surface area contributed by atoms with E-state index in [1.165, 1.54) is 41.5 Å². The van der Waals surface area contributed by atoms with Crippen LogP contribution in [-0.4, -0.2) is 18.1 Å². The largest absolute Gasteiger partial charge is 0.382 e. The fraction of sp³-hybridized carbons (Fsp3) is 0.467. The van der Waals surface area contributed by atoms with Gasteiger partial charge in [0.25, 0.3) is 0 Å². The van der Waals surface area contributed by atoms with Crippen LogP contribution in [0.15, 0.2) is 24.3 Å². The number of H-pyrrole nitrogens is 1. The lowest BCUT2D eigenvalue weighted by Crippen LogP contribution is -2.43. The zero-order valence-electron chi connectivity index (χ0n) is 10.9. The lowest BCUT2D eigenvalue weighted by atomic mass is 9.69. The number of aromatic amines is 1. The summed E-state index contributed by atoms with van der Waals surface area (Å²) in [6.45, 7) is 3.91. The third-order valence-electron chi connectivity index (χ3n) is 4.38. The number of nitrogens with two attached hydrogens (primary N) is 1. The van der Waals surface area contributed by atoms with Gasteiger partial charge in [-0.3, -0.25) is 0 Å². The fourth-order valence-electron chi connectivity index (χ4n) is 2.91. The summed E-state index contributed by atoms with van der Waals surface area (Å²) in [7, 11) is 0. The van der Waals surface area contributed by atoms with Gasteiger partial charge in [-0.05, 0) is 37.8 Å². The summed E-state index contributed by atoms with van der Waals surface area (Å²) < 4.78 is 0. The Morgan fingerprint density at radius 3 is 2.78 bits per heavy atom. The minimum atomic E-state index is 0.338. The van der Waals surface area contributed by atoms with E-state index in [9.17, 15) is 0 Å². The third kappa shape index (κ3) is 1.79. The van der Waals surface area contributed by atoms with Crippen LogP contribution in [0, 0.1) is 12.3 Å². The van der Waals surface area contributed by atoms with Crippen LogP contribution in [0.2, 0.25) is 0 Å². The lowest BCUT2D eigenvalue weighted by Gasteiger charge is -2.41. The molecule has 0 bridgehead atoms. The Labute approximate surface area is 108 Å². The first-order chi connectivity index (χ1) is 8.74. The van der Waals surface area contributed by atoms with Gasteiger partial charge >= 0.3 is 0 Å². The van der Waals surface area contributed by atoms with E-state index in [-0.39, 0.29) is 0 Å². The number of aryl methyl sites for hydroxylation is 1. The van der Waals surface area contributed by atoms with E-state index >= 15 is 0 Å². The third-order valence-corrected chi connectivity index (χ3v) is 4.38. The van der Waals surface area contributed by atoms with Crippen molar-refractivity contribution in [3.8, 4) is 0 Å². The maximum atomic E-state index is 5.91. The Kier molecular flexibility index (Phi) is 2.78. The van der Waals surface area contributed by atoms with Crippen LogP contribution >= 0.6 is 0 Å². The number of fused-ring (bicyclic) bond motifs is 1. The van der Waals surface area contributed by atoms with Gasteiger partial charge in [0.2, 0.25) is 0 Å². The molecule has 2 aromatic rings.